The molecule has 0 saturated carbocycles. The molecule has 0 unspecified atom stereocenters. The molecule has 0 saturated heterocycles. The van der Waals surface area contributed by atoms with Crippen LogP contribution in [-0.2, 0) is 0 Å². The minimum absolute atomic E-state index is 0.298. The number of nitrogens with zero attached hydrogens (tertiary/aromatic N) is 4. The van der Waals surface area contributed by atoms with Crippen LogP contribution in [0.3, 0.4) is 0 Å². The van der Waals surface area contributed by atoms with Crippen LogP contribution < -0.4 is 0 Å². The first kappa shape index (κ1) is 8.70. The SMILES string of the molecule is CC(C)c1nc(C#N)c2cnccn12. The maximum atomic E-state index is 8.88. The highest BCUT2D eigenvalue weighted by Gasteiger charge is 2.12. The first-order valence-electron chi connectivity index (χ1n) is 4.46. The molecule has 2 aromatic rings. The van der Waals surface area contributed by atoms with Gasteiger partial charge in [-0.1, -0.05) is 13.8 Å². The van der Waals surface area contributed by atoms with Gasteiger partial charge in [0.25, 0.3) is 0 Å². The molecule has 0 aliphatic heterocycles. The highest BCUT2D eigenvalue weighted by molar-refractivity contribution is 5.57. The summed E-state index contributed by atoms with van der Waals surface area (Å²) in [5.41, 5.74) is 1.22. The van der Waals surface area contributed by atoms with Gasteiger partial charge >= 0.3 is 0 Å². The van der Waals surface area contributed by atoms with Gasteiger partial charge in [0.05, 0.1) is 6.20 Å². The molecule has 70 valence electrons. The van der Waals surface area contributed by atoms with E-state index >= 15 is 0 Å². The number of hydrogen-bond donors (Lipinski definition) is 0. The number of aromatic nitrogens is 3. The zero-order chi connectivity index (χ0) is 10.1. The molecular weight excluding hydrogens is 176 g/mol. The van der Waals surface area contributed by atoms with Gasteiger partial charge in [-0.05, 0) is 0 Å². The van der Waals surface area contributed by atoms with Crippen molar-refractivity contribution in [1.29, 1.82) is 5.26 Å². The molecule has 0 aliphatic rings. The Bertz CT molecular complexity index is 504. The molecule has 0 radical (unpaired) electrons. The van der Waals surface area contributed by atoms with E-state index in [1.807, 2.05) is 10.6 Å². The molecule has 4 nitrogen and oxygen atoms in total. The van der Waals surface area contributed by atoms with Gasteiger partial charge in [0.1, 0.15) is 17.4 Å². The Morgan fingerprint density at radius 1 is 1.50 bits per heavy atom. The highest BCUT2D eigenvalue weighted by atomic mass is 15.0. The maximum Gasteiger partial charge on any atom is 0.168 e. The molecule has 4 heteroatoms. The zero-order valence-electron chi connectivity index (χ0n) is 8.10. The monoisotopic (exact) mass is 186 g/mol. The van der Waals surface area contributed by atoms with Crippen molar-refractivity contribution in [3.8, 4) is 6.07 Å². The molecule has 0 atom stereocenters. The Hall–Kier alpha value is -1.89. The molecule has 0 aliphatic carbocycles. The van der Waals surface area contributed by atoms with Gasteiger partial charge in [-0.3, -0.25) is 9.38 Å². The van der Waals surface area contributed by atoms with E-state index in [0.29, 0.717) is 11.6 Å². The molecule has 0 fully saturated rings. The minimum Gasteiger partial charge on any atom is -0.299 e. The van der Waals surface area contributed by atoms with Crippen LogP contribution in [0.1, 0.15) is 31.3 Å². The lowest BCUT2D eigenvalue weighted by Gasteiger charge is -2.01. The van der Waals surface area contributed by atoms with Crippen molar-refractivity contribution in [3.63, 3.8) is 0 Å². The molecule has 0 aromatic carbocycles. The Balaban J connectivity index is 2.82. The molecular formula is C10H10N4. The van der Waals surface area contributed by atoms with Gasteiger partial charge in [-0.2, -0.15) is 5.26 Å². The largest absolute Gasteiger partial charge is 0.299 e. The minimum atomic E-state index is 0.298. The third-order valence-corrected chi connectivity index (χ3v) is 2.10. The van der Waals surface area contributed by atoms with E-state index in [-0.39, 0.29) is 0 Å². The van der Waals surface area contributed by atoms with Crippen LogP contribution in [0, 0.1) is 11.3 Å². The van der Waals surface area contributed by atoms with Crippen LogP contribution in [0.5, 0.6) is 0 Å². The summed E-state index contributed by atoms with van der Waals surface area (Å²) < 4.78 is 1.91. The first-order valence-corrected chi connectivity index (χ1v) is 4.46. The highest BCUT2D eigenvalue weighted by Crippen LogP contribution is 2.17. The van der Waals surface area contributed by atoms with Crippen molar-refractivity contribution < 1.29 is 0 Å². The van der Waals surface area contributed by atoms with E-state index < -0.39 is 0 Å². The second-order valence-corrected chi connectivity index (χ2v) is 3.42. The fraction of sp³-hybridized carbons (Fsp3) is 0.300. The molecule has 0 bridgehead atoms. The Morgan fingerprint density at radius 3 is 2.93 bits per heavy atom. The standard InChI is InChI=1S/C10H10N4/c1-7(2)10-13-8(5-11)9-6-12-3-4-14(9)10/h3-4,6-7H,1-2H3. The van der Waals surface area contributed by atoms with Gasteiger partial charge in [0, 0.05) is 18.3 Å². The molecule has 0 spiro atoms. The van der Waals surface area contributed by atoms with Crippen molar-refractivity contribution in [1.82, 2.24) is 14.4 Å². The van der Waals surface area contributed by atoms with Crippen molar-refractivity contribution in [2.45, 2.75) is 19.8 Å². The van der Waals surface area contributed by atoms with Gasteiger partial charge in [0.2, 0.25) is 0 Å². The van der Waals surface area contributed by atoms with Gasteiger partial charge in [-0.15, -0.1) is 0 Å². The van der Waals surface area contributed by atoms with Gasteiger partial charge < -0.3 is 0 Å². The molecule has 2 rings (SSSR count). The van der Waals surface area contributed by atoms with Crippen molar-refractivity contribution >= 4 is 5.52 Å². The van der Waals surface area contributed by atoms with E-state index in [2.05, 4.69) is 29.9 Å². The predicted molar refractivity (Wildman–Crippen MR) is 51.8 cm³/mol. The number of hydrogen-bond acceptors (Lipinski definition) is 3. The lowest BCUT2D eigenvalue weighted by molar-refractivity contribution is 0.768. The zero-order valence-corrected chi connectivity index (χ0v) is 8.10. The van der Waals surface area contributed by atoms with Crippen LogP contribution >= 0.6 is 0 Å². The maximum absolute atomic E-state index is 8.88. The summed E-state index contributed by atoms with van der Waals surface area (Å²) in [6, 6.07) is 2.07. The quantitative estimate of drug-likeness (QED) is 0.681. The molecule has 2 heterocycles. The molecule has 0 N–H and O–H groups in total. The number of fused-ring (bicyclic) bond motifs is 1. The Labute approximate surface area is 81.8 Å². The number of imidazole rings is 1. The summed E-state index contributed by atoms with van der Waals surface area (Å²) in [7, 11) is 0. The smallest absolute Gasteiger partial charge is 0.168 e. The lowest BCUT2D eigenvalue weighted by atomic mass is 10.2. The first-order chi connectivity index (χ1) is 6.74. The average Bonchev–Trinajstić information content (AvgIpc) is 2.56. The van der Waals surface area contributed by atoms with Crippen LogP contribution in [-0.4, -0.2) is 14.4 Å². The van der Waals surface area contributed by atoms with Gasteiger partial charge in [-0.25, -0.2) is 4.98 Å². The van der Waals surface area contributed by atoms with Crippen LogP contribution in [0.25, 0.3) is 5.52 Å². The summed E-state index contributed by atoms with van der Waals surface area (Å²) in [5, 5.41) is 8.88. The summed E-state index contributed by atoms with van der Waals surface area (Å²) in [6.07, 6.45) is 5.19. The number of nitriles is 1. The van der Waals surface area contributed by atoms with Crippen LogP contribution in [0.2, 0.25) is 0 Å². The van der Waals surface area contributed by atoms with E-state index in [4.69, 9.17) is 5.26 Å². The fourth-order valence-electron chi connectivity index (χ4n) is 1.45. The predicted octanol–water partition coefficient (Wildman–Crippen LogP) is 1.72. The van der Waals surface area contributed by atoms with Crippen molar-refractivity contribution in [3.05, 3.63) is 30.1 Å². The second-order valence-electron chi connectivity index (χ2n) is 3.42. The summed E-state index contributed by atoms with van der Waals surface area (Å²) in [5.74, 6) is 1.20. The van der Waals surface area contributed by atoms with Crippen molar-refractivity contribution in [2.24, 2.45) is 0 Å². The van der Waals surface area contributed by atoms with E-state index in [1.54, 1.807) is 12.4 Å². The van der Waals surface area contributed by atoms with E-state index in [0.717, 1.165) is 11.3 Å². The summed E-state index contributed by atoms with van der Waals surface area (Å²) in [6.45, 7) is 4.10. The third-order valence-electron chi connectivity index (χ3n) is 2.10. The molecule has 2 aromatic heterocycles. The van der Waals surface area contributed by atoms with E-state index in [1.165, 1.54) is 0 Å². The Morgan fingerprint density at radius 2 is 2.29 bits per heavy atom. The number of rotatable bonds is 1. The molecule has 14 heavy (non-hydrogen) atoms. The topological polar surface area (TPSA) is 54.0 Å². The van der Waals surface area contributed by atoms with Crippen LogP contribution in [0.15, 0.2) is 18.6 Å². The lowest BCUT2D eigenvalue weighted by Crippen LogP contribution is -1.96. The third kappa shape index (κ3) is 1.14. The van der Waals surface area contributed by atoms with E-state index in [9.17, 15) is 0 Å². The summed E-state index contributed by atoms with van der Waals surface area (Å²) >= 11 is 0. The molecule has 0 amide bonds. The summed E-state index contributed by atoms with van der Waals surface area (Å²) in [4.78, 5) is 8.25. The van der Waals surface area contributed by atoms with Gasteiger partial charge in [0.15, 0.2) is 5.69 Å². The fourth-order valence-corrected chi connectivity index (χ4v) is 1.45. The second kappa shape index (κ2) is 3.11. The normalized spacial score (nSPS) is 10.7. The van der Waals surface area contributed by atoms with Crippen molar-refractivity contribution in [2.75, 3.05) is 0 Å². The Kier molecular flexibility index (Phi) is 1.93. The van der Waals surface area contributed by atoms with Crippen LogP contribution in [0.4, 0.5) is 0 Å². The average molecular weight is 186 g/mol.